The Kier molecular flexibility index (Phi) is 4.07. The van der Waals surface area contributed by atoms with Gasteiger partial charge in [0.25, 0.3) is 5.69 Å². The van der Waals surface area contributed by atoms with Gasteiger partial charge >= 0.3 is 5.97 Å². The zero-order valence-corrected chi connectivity index (χ0v) is 10.4. The van der Waals surface area contributed by atoms with E-state index < -0.39 is 10.9 Å². The molecule has 6 nitrogen and oxygen atoms in total. The highest BCUT2D eigenvalue weighted by atomic mass is 16.6. The molecule has 0 amide bonds. The van der Waals surface area contributed by atoms with Gasteiger partial charge in [-0.1, -0.05) is 12.1 Å². The minimum atomic E-state index is -0.600. The van der Waals surface area contributed by atoms with Crippen LogP contribution in [0.1, 0.15) is 15.9 Å². The van der Waals surface area contributed by atoms with Crippen LogP contribution in [-0.2, 0) is 6.61 Å². The monoisotopic (exact) mass is 273 g/mol. The number of rotatable bonds is 4. The largest absolute Gasteiger partial charge is 0.423 e. The number of nitro benzene ring substituents is 1. The molecule has 0 atom stereocenters. The normalized spacial score (nSPS) is 10.1. The van der Waals surface area contributed by atoms with Crippen molar-refractivity contribution in [1.82, 2.24) is 0 Å². The topological polar surface area (TPSA) is 89.7 Å². The standard InChI is InChI=1S/C14H11NO5/c16-9-10-1-7-13(8-2-10)20-14(17)11-3-5-12(6-4-11)15(18)19/h1-8,16H,9H2. The third kappa shape index (κ3) is 3.18. The van der Waals surface area contributed by atoms with Crippen molar-refractivity contribution in [2.45, 2.75) is 6.61 Å². The van der Waals surface area contributed by atoms with Crippen molar-refractivity contribution < 1.29 is 19.6 Å². The van der Waals surface area contributed by atoms with E-state index in [4.69, 9.17) is 9.84 Å². The Bertz CT molecular complexity index is 619. The molecule has 1 N–H and O–H groups in total. The van der Waals surface area contributed by atoms with Gasteiger partial charge in [0.1, 0.15) is 5.75 Å². The van der Waals surface area contributed by atoms with Crippen molar-refractivity contribution in [3.05, 3.63) is 69.8 Å². The summed E-state index contributed by atoms with van der Waals surface area (Å²) in [4.78, 5) is 21.8. The fraction of sp³-hybridized carbons (Fsp3) is 0.0714. The van der Waals surface area contributed by atoms with Crippen molar-refractivity contribution in [2.24, 2.45) is 0 Å². The van der Waals surface area contributed by atoms with Crippen LogP contribution in [0.4, 0.5) is 5.69 Å². The number of benzene rings is 2. The molecule has 0 heterocycles. The van der Waals surface area contributed by atoms with Crippen molar-refractivity contribution in [1.29, 1.82) is 0 Å². The lowest BCUT2D eigenvalue weighted by molar-refractivity contribution is -0.384. The van der Waals surface area contributed by atoms with Gasteiger partial charge in [0.2, 0.25) is 0 Å². The zero-order chi connectivity index (χ0) is 14.5. The molecule has 20 heavy (non-hydrogen) atoms. The van der Waals surface area contributed by atoms with Crippen LogP contribution in [-0.4, -0.2) is 16.0 Å². The van der Waals surface area contributed by atoms with E-state index in [0.29, 0.717) is 11.3 Å². The molecule has 0 saturated heterocycles. The molecular weight excluding hydrogens is 262 g/mol. The molecule has 0 radical (unpaired) electrons. The van der Waals surface area contributed by atoms with Crippen LogP contribution in [0.3, 0.4) is 0 Å². The lowest BCUT2D eigenvalue weighted by atomic mass is 10.2. The predicted octanol–water partition coefficient (Wildman–Crippen LogP) is 2.31. The average Bonchev–Trinajstić information content (AvgIpc) is 2.48. The van der Waals surface area contributed by atoms with E-state index in [9.17, 15) is 14.9 Å². The number of carbonyl (C=O) groups excluding carboxylic acids is 1. The Morgan fingerprint density at radius 1 is 1.10 bits per heavy atom. The number of non-ortho nitro benzene ring substituents is 1. The quantitative estimate of drug-likeness (QED) is 0.399. The molecule has 0 aliphatic rings. The third-order valence-corrected chi connectivity index (χ3v) is 2.63. The van der Waals surface area contributed by atoms with Gasteiger partial charge in [-0.25, -0.2) is 4.79 Å². The summed E-state index contributed by atoms with van der Waals surface area (Å²) >= 11 is 0. The minimum absolute atomic E-state index is 0.0867. The molecule has 2 rings (SSSR count). The number of aliphatic hydroxyl groups is 1. The van der Waals surface area contributed by atoms with Gasteiger partial charge in [0.15, 0.2) is 0 Å². The predicted molar refractivity (Wildman–Crippen MR) is 70.4 cm³/mol. The fourth-order valence-electron chi connectivity index (χ4n) is 1.55. The van der Waals surface area contributed by atoms with Crippen LogP contribution < -0.4 is 4.74 Å². The first kappa shape index (κ1) is 13.7. The van der Waals surface area contributed by atoms with Crippen molar-refractivity contribution >= 4 is 11.7 Å². The summed E-state index contributed by atoms with van der Waals surface area (Å²) in [5, 5.41) is 19.4. The van der Waals surface area contributed by atoms with Crippen LogP contribution >= 0.6 is 0 Å². The van der Waals surface area contributed by atoms with E-state index in [1.807, 2.05) is 0 Å². The van der Waals surface area contributed by atoms with Gasteiger partial charge in [-0.2, -0.15) is 0 Å². The number of aliphatic hydroxyl groups excluding tert-OH is 1. The van der Waals surface area contributed by atoms with E-state index in [2.05, 4.69) is 0 Å². The lowest BCUT2D eigenvalue weighted by Crippen LogP contribution is -2.08. The number of nitrogens with zero attached hydrogens (tertiary/aromatic N) is 1. The van der Waals surface area contributed by atoms with Crippen LogP contribution in [0.15, 0.2) is 48.5 Å². The molecule has 0 unspecified atom stereocenters. The number of hydrogen-bond donors (Lipinski definition) is 1. The summed E-state index contributed by atoms with van der Waals surface area (Å²) in [5.41, 5.74) is 0.843. The molecule has 0 bridgehead atoms. The van der Waals surface area contributed by atoms with E-state index in [1.165, 1.54) is 24.3 Å². The molecule has 0 saturated carbocycles. The summed E-state index contributed by atoms with van der Waals surface area (Å²) in [7, 11) is 0. The number of hydrogen-bond acceptors (Lipinski definition) is 5. The second-order valence-corrected chi connectivity index (χ2v) is 4.00. The van der Waals surface area contributed by atoms with Gasteiger partial charge in [-0.15, -0.1) is 0 Å². The van der Waals surface area contributed by atoms with E-state index in [1.54, 1.807) is 24.3 Å². The number of esters is 1. The molecule has 0 aliphatic carbocycles. The third-order valence-electron chi connectivity index (χ3n) is 2.63. The van der Waals surface area contributed by atoms with E-state index in [0.717, 1.165) is 0 Å². The summed E-state index contributed by atoms with van der Waals surface area (Å²) in [6.45, 7) is -0.0867. The maximum atomic E-state index is 11.8. The van der Waals surface area contributed by atoms with E-state index >= 15 is 0 Å². The Hall–Kier alpha value is -2.73. The highest BCUT2D eigenvalue weighted by molar-refractivity contribution is 5.91. The molecule has 2 aromatic carbocycles. The minimum Gasteiger partial charge on any atom is -0.423 e. The average molecular weight is 273 g/mol. The van der Waals surface area contributed by atoms with Crippen LogP contribution in [0.25, 0.3) is 0 Å². The van der Waals surface area contributed by atoms with Gasteiger partial charge in [-0.3, -0.25) is 10.1 Å². The first-order chi connectivity index (χ1) is 9.60. The summed E-state index contributed by atoms with van der Waals surface area (Å²) in [5.74, 6) is -0.262. The van der Waals surface area contributed by atoms with Crippen molar-refractivity contribution in [3.8, 4) is 5.75 Å². The Morgan fingerprint density at radius 2 is 1.70 bits per heavy atom. The van der Waals surface area contributed by atoms with Crippen molar-refractivity contribution in [3.63, 3.8) is 0 Å². The smallest absolute Gasteiger partial charge is 0.343 e. The molecule has 0 aromatic heterocycles. The first-order valence-electron chi connectivity index (χ1n) is 5.76. The molecule has 102 valence electrons. The number of nitro groups is 1. The Morgan fingerprint density at radius 3 is 2.20 bits per heavy atom. The van der Waals surface area contributed by atoms with Crippen LogP contribution in [0, 0.1) is 10.1 Å². The number of ether oxygens (including phenoxy) is 1. The maximum Gasteiger partial charge on any atom is 0.343 e. The van der Waals surface area contributed by atoms with Gasteiger partial charge in [0, 0.05) is 12.1 Å². The molecule has 0 fully saturated rings. The molecular formula is C14H11NO5. The van der Waals surface area contributed by atoms with Gasteiger partial charge in [-0.05, 0) is 29.8 Å². The van der Waals surface area contributed by atoms with Crippen LogP contribution in [0.2, 0.25) is 0 Å². The molecule has 0 spiro atoms. The summed E-state index contributed by atoms with van der Waals surface area (Å²) in [6.07, 6.45) is 0. The van der Waals surface area contributed by atoms with Crippen LogP contribution in [0.5, 0.6) is 5.75 Å². The van der Waals surface area contributed by atoms with Gasteiger partial charge < -0.3 is 9.84 Å². The number of carbonyl (C=O) groups is 1. The lowest BCUT2D eigenvalue weighted by Gasteiger charge is -2.04. The highest BCUT2D eigenvalue weighted by Gasteiger charge is 2.11. The van der Waals surface area contributed by atoms with Gasteiger partial charge in [0.05, 0.1) is 17.1 Å². The molecule has 6 heteroatoms. The zero-order valence-electron chi connectivity index (χ0n) is 10.4. The molecule has 0 aliphatic heterocycles. The highest BCUT2D eigenvalue weighted by Crippen LogP contribution is 2.16. The fourth-order valence-corrected chi connectivity index (χ4v) is 1.55. The SMILES string of the molecule is O=C(Oc1ccc(CO)cc1)c1ccc([N+](=O)[O-])cc1. The second kappa shape index (κ2) is 5.94. The Labute approximate surface area is 114 Å². The van der Waals surface area contributed by atoms with Crippen molar-refractivity contribution in [2.75, 3.05) is 0 Å². The van der Waals surface area contributed by atoms with E-state index in [-0.39, 0.29) is 17.9 Å². The molecule has 2 aromatic rings. The maximum absolute atomic E-state index is 11.8. The summed E-state index contributed by atoms with van der Waals surface area (Å²) < 4.78 is 5.11. The first-order valence-corrected chi connectivity index (χ1v) is 5.76. The second-order valence-electron chi connectivity index (χ2n) is 4.00. The Balaban J connectivity index is 2.08. The summed E-state index contributed by atoms with van der Waals surface area (Å²) in [6, 6.07) is 11.6.